The third-order valence-corrected chi connectivity index (χ3v) is 5.33. The lowest BCUT2D eigenvalue weighted by molar-refractivity contribution is 0.387. The first-order valence-corrected chi connectivity index (χ1v) is 10.0. The number of aryl methyl sites for hydroxylation is 1. The lowest BCUT2D eigenvalue weighted by Gasteiger charge is -2.14. The zero-order valence-electron chi connectivity index (χ0n) is 14.2. The molecule has 0 radical (unpaired) electrons. The van der Waals surface area contributed by atoms with Crippen molar-refractivity contribution >= 4 is 43.2 Å². The van der Waals surface area contributed by atoms with Crippen LogP contribution in [0.5, 0.6) is 0 Å². The fraction of sp³-hybridized carbons (Fsp3) is 0.375. The monoisotopic (exact) mass is 382 g/mol. The third-order valence-electron chi connectivity index (χ3n) is 4.05. The highest BCUT2D eigenvalue weighted by Gasteiger charge is 2.22. The van der Waals surface area contributed by atoms with Crippen LogP contribution in [0, 0.1) is 0 Å². The van der Waals surface area contributed by atoms with Crippen LogP contribution >= 0.6 is 11.6 Å². The molecule has 0 atom stereocenters. The van der Waals surface area contributed by atoms with Gasteiger partial charge >= 0.3 is 0 Å². The number of sulfone groups is 1. The van der Waals surface area contributed by atoms with E-state index in [4.69, 9.17) is 11.6 Å². The molecule has 3 rings (SSSR count). The van der Waals surface area contributed by atoms with Gasteiger partial charge in [0.25, 0.3) is 5.56 Å². The predicted octanol–water partition coefficient (Wildman–Crippen LogP) is 1.89. The summed E-state index contributed by atoms with van der Waals surface area (Å²) >= 11 is 6.10. The normalized spacial score (nSPS) is 12.5. The van der Waals surface area contributed by atoms with Crippen molar-refractivity contribution in [3.05, 3.63) is 33.6 Å². The van der Waals surface area contributed by atoms with Gasteiger partial charge in [0.05, 0.1) is 5.52 Å². The van der Waals surface area contributed by atoms with E-state index in [9.17, 15) is 13.2 Å². The Morgan fingerprint density at radius 2 is 2.04 bits per heavy atom. The van der Waals surface area contributed by atoms with Crippen LogP contribution in [0.1, 0.15) is 6.42 Å². The van der Waals surface area contributed by atoms with Crippen LogP contribution in [0.4, 0.5) is 0 Å². The Kier molecular flexibility index (Phi) is 4.61. The van der Waals surface area contributed by atoms with E-state index in [-0.39, 0.29) is 16.0 Å². The van der Waals surface area contributed by atoms with E-state index in [0.29, 0.717) is 28.0 Å². The predicted molar refractivity (Wildman–Crippen MR) is 99.2 cm³/mol. The Bertz CT molecular complexity index is 1120. The van der Waals surface area contributed by atoms with Gasteiger partial charge in [-0.15, -0.1) is 0 Å². The highest BCUT2D eigenvalue weighted by atomic mass is 35.5. The van der Waals surface area contributed by atoms with Gasteiger partial charge in [0.1, 0.15) is 10.9 Å². The van der Waals surface area contributed by atoms with Crippen molar-refractivity contribution in [2.45, 2.75) is 18.0 Å². The molecular formula is C16H19ClN4O3S. The molecule has 0 aliphatic carbocycles. The van der Waals surface area contributed by atoms with Crippen LogP contribution in [0.3, 0.4) is 0 Å². The molecule has 9 heteroatoms. The molecule has 0 amide bonds. The summed E-state index contributed by atoms with van der Waals surface area (Å²) in [7, 11) is 0.309. The molecule has 0 bridgehead atoms. The van der Waals surface area contributed by atoms with E-state index in [2.05, 4.69) is 10.2 Å². The number of aromatic nitrogens is 3. The topological polar surface area (TPSA) is 88.1 Å². The van der Waals surface area contributed by atoms with E-state index in [1.807, 2.05) is 19.0 Å². The molecular weight excluding hydrogens is 364 g/mol. The number of nitrogens with zero attached hydrogens (tertiary/aromatic N) is 3. The van der Waals surface area contributed by atoms with Gasteiger partial charge in [-0.3, -0.25) is 9.89 Å². The number of aromatic amines is 1. The number of pyridine rings is 1. The van der Waals surface area contributed by atoms with Crippen LogP contribution in [-0.2, 0) is 16.4 Å². The van der Waals surface area contributed by atoms with Gasteiger partial charge < -0.3 is 9.47 Å². The molecule has 0 aliphatic heterocycles. The smallest absolute Gasteiger partial charge is 0.263 e. The maximum absolute atomic E-state index is 13.0. The number of hydrogen-bond acceptors (Lipinski definition) is 5. The van der Waals surface area contributed by atoms with Crippen molar-refractivity contribution in [2.75, 3.05) is 26.9 Å². The number of rotatable bonds is 5. The lowest BCUT2D eigenvalue weighted by Crippen LogP contribution is -2.24. The summed E-state index contributed by atoms with van der Waals surface area (Å²) in [5.74, 6) is 0. The molecule has 2 heterocycles. The first kappa shape index (κ1) is 17.9. The Hall–Kier alpha value is -1.90. The first-order valence-electron chi connectivity index (χ1n) is 7.75. The molecule has 0 saturated carbocycles. The van der Waals surface area contributed by atoms with Crippen molar-refractivity contribution < 1.29 is 8.42 Å². The number of hydrogen-bond donors (Lipinski definition) is 1. The molecule has 2 aromatic heterocycles. The van der Waals surface area contributed by atoms with Crippen molar-refractivity contribution in [1.82, 2.24) is 19.7 Å². The summed E-state index contributed by atoms with van der Waals surface area (Å²) in [5.41, 5.74) is 0.650. The van der Waals surface area contributed by atoms with Gasteiger partial charge in [-0.25, -0.2) is 8.42 Å². The third kappa shape index (κ3) is 3.29. The van der Waals surface area contributed by atoms with E-state index in [1.165, 1.54) is 0 Å². The Morgan fingerprint density at radius 1 is 1.32 bits per heavy atom. The minimum absolute atomic E-state index is 0.0853. The van der Waals surface area contributed by atoms with Gasteiger partial charge in [0.15, 0.2) is 14.9 Å². The average molecular weight is 383 g/mol. The van der Waals surface area contributed by atoms with E-state index >= 15 is 0 Å². The van der Waals surface area contributed by atoms with Crippen LogP contribution in [0.2, 0.25) is 5.02 Å². The molecule has 0 saturated heterocycles. The summed E-state index contributed by atoms with van der Waals surface area (Å²) in [6.45, 7) is 1.28. The molecule has 1 N–H and O–H groups in total. The van der Waals surface area contributed by atoms with Crippen molar-refractivity contribution in [3.63, 3.8) is 0 Å². The molecule has 0 fully saturated rings. The van der Waals surface area contributed by atoms with Gasteiger partial charge in [-0.2, -0.15) is 5.10 Å². The number of H-pyrrole nitrogens is 1. The van der Waals surface area contributed by atoms with Crippen molar-refractivity contribution in [2.24, 2.45) is 0 Å². The van der Waals surface area contributed by atoms with E-state index in [1.54, 1.807) is 22.8 Å². The van der Waals surface area contributed by atoms with E-state index in [0.717, 1.165) is 19.2 Å². The maximum atomic E-state index is 13.0. The SMILES string of the molecule is CN(C)CCCn1c(=O)c2c(S(C)(=O)=O)[nH]nc2c2cc(Cl)ccc21. The van der Waals surface area contributed by atoms with Gasteiger partial charge in [-0.1, -0.05) is 11.6 Å². The van der Waals surface area contributed by atoms with E-state index < -0.39 is 9.84 Å². The fourth-order valence-corrected chi connectivity index (χ4v) is 3.87. The van der Waals surface area contributed by atoms with Gasteiger partial charge in [-0.05, 0) is 45.3 Å². The fourth-order valence-electron chi connectivity index (χ4n) is 2.93. The molecule has 0 spiro atoms. The van der Waals surface area contributed by atoms with Gasteiger partial charge in [0.2, 0.25) is 0 Å². The second kappa shape index (κ2) is 6.44. The molecule has 25 heavy (non-hydrogen) atoms. The summed E-state index contributed by atoms with van der Waals surface area (Å²) in [5, 5.41) is 7.66. The quantitative estimate of drug-likeness (QED) is 0.728. The number of halogens is 1. The lowest BCUT2D eigenvalue weighted by atomic mass is 10.1. The second-order valence-corrected chi connectivity index (χ2v) is 8.71. The first-order chi connectivity index (χ1) is 11.7. The summed E-state index contributed by atoms with van der Waals surface area (Å²) < 4.78 is 25.7. The summed E-state index contributed by atoms with van der Waals surface area (Å²) in [6, 6.07) is 5.18. The summed E-state index contributed by atoms with van der Waals surface area (Å²) in [6.07, 6.45) is 1.81. The van der Waals surface area contributed by atoms with Crippen molar-refractivity contribution in [1.29, 1.82) is 0 Å². The van der Waals surface area contributed by atoms with Crippen LogP contribution in [-0.4, -0.2) is 55.0 Å². The number of benzene rings is 1. The number of fused-ring (bicyclic) bond motifs is 3. The molecule has 134 valence electrons. The molecule has 1 aromatic carbocycles. The Labute approximate surface area is 150 Å². The molecule has 7 nitrogen and oxygen atoms in total. The van der Waals surface area contributed by atoms with Crippen LogP contribution in [0.15, 0.2) is 28.0 Å². The molecule has 0 aliphatic rings. The molecule has 3 aromatic rings. The zero-order chi connectivity index (χ0) is 18.4. The largest absolute Gasteiger partial charge is 0.309 e. The van der Waals surface area contributed by atoms with Crippen LogP contribution in [0.25, 0.3) is 21.8 Å². The molecule has 0 unspecified atom stereocenters. The standard InChI is InChI=1S/C16H19ClN4O3S/c1-20(2)7-4-8-21-12-6-5-10(17)9-11(12)14-13(16(21)22)15(19-18-14)25(3,23)24/h5-6,9H,4,7-8H2,1-3H3,(H,18,19). The zero-order valence-corrected chi connectivity index (χ0v) is 15.8. The average Bonchev–Trinajstić information content (AvgIpc) is 2.96. The minimum Gasteiger partial charge on any atom is -0.309 e. The highest BCUT2D eigenvalue weighted by Crippen LogP contribution is 2.27. The maximum Gasteiger partial charge on any atom is 0.263 e. The van der Waals surface area contributed by atoms with Crippen LogP contribution < -0.4 is 5.56 Å². The Morgan fingerprint density at radius 3 is 2.68 bits per heavy atom. The number of nitrogens with one attached hydrogen (secondary N) is 1. The minimum atomic E-state index is -3.61. The van der Waals surface area contributed by atoms with Gasteiger partial charge in [0, 0.05) is 23.2 Å². The second-order valence-electron chi connectivity index (χ2n) is 6.32. The summed E-state index contributed by atoms with van der Waals surface area (Å²) in [4.78, 5) is 15.1. The highest BCUT2D eigenvalue weighted by molar-refractivity contribution is 7.90. The van der Waals surface area contributed by atoms with Crippen molar-refractivity contribution in [3.8, 4) is 0 Å². The Balaban J connectivity index is 2.35.